The van der Waals surface area contributed by atoms with Crippen molar-refractivity contribution in [3.63, 3.8) is 0 Å². The molecule has 8 heteroatoms. The highest BCUT2D eigenvalue weighted by atomic mass is 16.4. The zero-order chi connectivity index (χ0) is 13.8. The third-order valence-electron chi connectivity index (χ3n) is 2.48. The van der Waals surface area contributed by atoms with Crippen molar-refractivity contribution >= 4 is 17.5 Å². The minimum Gasteiger partial charge on any atom is -0.480 e. The molecule has 0 bridgehead atoms. The molecule has 0 aliphatic carbocycles. The van der Waals surface area contributed by atoms with E-state index in [1.165, 1.54) is 9.08 Å². The fraction of sp³-hybridized carbons (Fsp3) is 0.273. The second-order valence-electron chi connectivity index (χ2n) is 3.86. The molecule has 0 unspecified atom stereocenters. The van der Waals surface area contributed by atoms with Crippen molar-refractivity contribution in [1.29, 1.82) is 0 Å². The van der Waals surface area contributed by atoms with Gasteiger partial charge in [-0.2, -0.15) is 0 Å². The molecular weight excluding hydrogens is 252 g/mol. The largest absolute Gasteiger partial charge is 0.480 e. The molecule has 2 N–H and O–H groups in total. The SMILES string of the molecule is O=C(O)CNC(=O)CCn1nc2ccccn2c1=O. The lowest BCUT2D eigenvalue weighted by Gasteiger charge is -2.01. The van der Waals surface area contributed by atoms with Gasteiger partial charge in [-0.15, -0.1) is 5.10 Å². The summed E-state index contributed by atoms with van der Waals surface area (Å²) in [6.45, 7) is -0.329. The van der Waals surface area contributed by atoms with E-state index in [0.717, 1.165) is 0 Å². The van der Waals surface area contributed by atoms with Gasteiger partial charge in [-0.25, -0.2) is 9.48 Å². The lowest BCUT2D eigenvalue weighted by atomic mass is 10.4. The Bertz CT molecular complexity index is 673. The number of pyridine rings is 1. The van der Waals surface area contributed by atoms with Gasteiger partial charge in [-0.1, -0.05) is 6.07 Å². The second kappa shape index (κ2) is 5.34. The molecule has 8 nitrogen and oxygen atoms in total. The lowest BCUT2D eigenvalue weighted by molar-refractivity contribution is -0.138. The summed E-state index contributed by atoms with van der Waals surface area (Å²) < 4.78 is 2.55. The summed E-state index contributed by atoms with van der Waals surface area (Å²) in [7, 11) is 0. The Labute approximate surface area is 107 Å². The van der Waals surface area contributed by atoms with Crippen LogP contribution in [0.25, 0.3) is 5.65 Å². The van der Waals surface area contributed by atoms with Crippen LogP contribution < -0.4 is 11.0 Å². The van der Waals surface area contributed by atoms with Crippen LogP contribution in [0.2, 0.25) is 0 Å². The number of hydrogen-bond donors (Lipinski definition) is 2. The first-order valence-corrected chi connectivity index (χ1v) is 5.60. The summed E-state index contributed by atoms with van der Waals surface area (Å²) in [6, 6.07) is 5.15. The van der Waals surface area contributed by atoms with E-state index in [1.807, 2.05) is 0 Å². The topological polar surface area (TPSA) is 106 Å². The number of rotatable bonds is 5. The van der Waals surface area contributed by atoms with E-state index in [0.29, 0.717) is 5.65 Å². The van der Waals surface area contributed by atoms with E-state index < -0.39 is 18.4 Å². The van der Waals surface area contributed by atoms with Crippen molar-refractivity contribution in [2.24, 2.45) is 0 Å². The van der Waals surface area contributed by atoms with Gasteiger partial charge < -0.3 is 10.4 Å². The molecule has 0 spiro atoms. The molecule has 0 fully saturated rings. The van der Waals surface area contributed by atoms with Crippen LogP contribution in [-0.4, -0.2) is 37.7 Å². The van der Waals surface area contributed by atoms with Crippen molar-refractivity contribution in [3.05, 3.63) is 34.9 Å². The van der Waals surface area contributed by atoms with Crippen molar-refractivity contribution in [2.75, 3.05) is 6.54 Å². The minimum absolute atomic E-state index is 0.00291. The van der Waals surface area contributed by atoms with Crippen molar-refractivity contribution in [3.8, 4) is 0 Å². The first-order valence-electron chi connectivity index (χ1n) is 5.60. The van der Waals surface area contributed by atoms with Gasteiger partial charge in [0.25, 0.3) is 0 Å². The van der Waals surface area contributed by atoms with Crippen LogP contribution in [0.5, 0.6) is 0 Å². The molecule has 0 radical (unpaired) electrons. The molecule has 2 heterocycles. The summed E-state index contributed by atoms with van der Waals surface area (Å²) in [5, 5.41) is 14.7. The van der Waals surface area contributed by atoms with Gasteiger partial charge in [0.15, 0.2) is 5.65 Å². The molecule has 2 aromatic heterocycles. The maximum absolute atomic E-state index is 11.8. The Morgan fingerprint density at radius 1 is 1.37 bits per heavy atom. The molecule has 100 valence electrons. The Balaban J connectivity index is 2.02. The van der Waals surface area contributed by atoms with Crippen molar-refractivity contribution in [2.45, 2.75) is 13.0 Å². The van der Waals surface area contributed by atoms with Crippen LogP contribution in [0.4, 0.5) is 0 Å². The second-order valence-corrected chi connectivity index (χ2v) is 3.86. The fourth-order valence-corrected chi connectivity index (χ4v) is 1.58. The van der Waals surface area contributed by atoms with E-state index >= 15 is 0 Å². The normalized spacial score (nSPS) is 10.5. The zero-order valence-electron chi connectivity index (χ0n) is 9.94. The van der Waals surface area contributed by atoms with E-state index in [2.05, 4.69) is 10.4 Å². The molecule has 2 aromatic rings. The smallest absolute Gasteiger partial charge is 0.350 e. The summed E-state index contributed by atoms with van der Waals surface area (Å²) in [5.41, 5.74) is 0.167. The molecule has 0 aliphatic heterocycles. The summed E-state index contributed by atoms with van der Waals surface area (Å²) in [5.74, 6) is -1.55. The van der Waals surface area contributed by atoms with Crippen LogP contribution >= 0.6 is 0 Å². The Hall–Kier alpha value is -2.64. The van der Waals surface area contributed by atoms with E-state index in [1.54, 1.807) is 24.4 Å². The quantitative estimate of drug-likeness (QED) is 0.727. The average molecular weight is 264 g/mol. The highest BCUT2D eigenvalue weighted by Crippen LogP contribution is 1.95. The van der Waals surface area contributed by atoms with Crippen LogP contribution in [0.15, 0.2) is 29.2 Å². The number of fused-ring (bicyclic) bond motifs is 1. The van der Waals surface area contributed by atoms with Gasteiger partial charge in [0, 0.05) is 12.6 Å². The van der Waals surface area contributed by atoms with Gasteiger partial charge in [-0.3, -0.25) is 14.0 Å². The number of aryl methyl sites for hydroxylation is 1. The Morgan fingerprint density at radius 2 is 2.16 bits per heavy atom. The molecule has 0 saturated heterocycles. The molecule has 2 rings (SSSR count). The Morgan fingerprint density at radius 3 is 2.84 bits per heavy atom. The number of carbonyl (C=O) groups excluding carboxylic acids is 1. The first-order chi connectivity index (χ1) is 9.08. The minimum atomic E-state index is -1.11. The number of carboxylic acids is 1. The van der Waals surface area contributed by atoms with Crippen molar-refractivity contribution in [1.82, 2.24) is 19.5 Å². The molecular formula is C11H12N4O4. The third kappa shape index (κ3) is 2.97. The number of nitrogens with zero attached hydrogens (tertiary/aromatic N) is 3. The monoisotopic (exact) mass is 264 g/mol. The van der Waals surface area contributed by atoms with E-state index in [9.17, 15) is 14.4 Å². The zero-order valence-corrected chi connectivity index (χ0v) is 9.94. The first kappa shape index (κ1) is 12.8. The molecule has 0 aliphatic rings. The molecule has 19 heavy (non-hydrogen) atoms. The predicted molar refractivity (Wildman–Crippen MR) is 64.7 cm³/mol. The maximum atomic E-state index is 11.8. The van der Waals surface area contributed by atoms with Gasteiger partial charge >= 0.3 is 11.7 Å². The van der Waals surface area contributed by atoms with Gasteiger partial charge in [0.2, 0.25) is 5.91 Å². The van der Waals surface area contributed by atoms with Crippen LogP contribution in [-0.2, 0) is 16.1 Å². The standard InChI is InChI=1S/C11H12N4O4/c16-9(12-7-10(17)18)4-6-15-11(19)14-5-2-1-3-8(14)13-15/h1-3,5H,4,6-7H2,(H,12,16)(H,17,18). The number of hydrogen-bond acceptors (Lipinski definition) is 4. The summed E-state index contributed by atoms with van der Waals surface area (Å²) in [4.78, 5) is 33.4. The van der Waals surface area contributed by atoms with Crippen LogP contribution in [0.3, 0.4) is 0 Å². The average Bonchev–Trinajstić information content (AvgIpc) is 2.71. The number of aromatic nitrogens is 3. The van der Waals surface area contributed by atoms with Gasteiger partial charge in [0.05, 0.1) is 6.54 Å². The van der Waals surface area contributed by atoms with Crippen LogP contribution in [0, 0.1) is 0 Å². The molecule has 1 amide bonds. The lowest BCUT2D eigenvalue weighted by Crippen LogP contribution is -2.31. The fourth-order valence-electron chi connectivity index (χ4n) is 1.58. The maximum Gasteiger partial charge on any atom is 0.350 e. The predicted octanol–water partition coefficient (Wildman–Crippen LogP) is -0.913. The van der Waals surface area contributed by atoms with E-state index in [-0.39, 0.29) is 18.7 Å². The van der Waals surface area contributed by atoms with Crippen LogP contribution in [0.1, 0.15) is 6.42 Å². The van der Waals surface area contributed by atoms with Crippen molar-refractivity contribution < 1.29 is 14.7 Å². The molecule has 0 saturated carbocycles. The summed E-state index contributed by atoms with van der Waals surface area (Å²) in [6.07, 6.45) is 1.59. The number of aliphatic carboxylic acids is 1. The highest BCUT2D eigenvalue weighted by Gasteiger charge is 2.08. The molecule has 0 aromatic carbocycles. The number of carbonyl (C=O) groups is 2. The van der Waals surface area contributed by atoms with Gasteiger partial charge in [-0.05, 0) is 12.1 Å². The number of amides is 1. The highest BCUT2D eigenvalue weighted by molar-refractivity contribution is 5.80. The summed E-state index contributed by atoms with van der Waals surface area (Å²) >= 11 is 0. The van der Waals surface area contributed by atoms with Gasteiger partial charge in [0.1, 0.15) is 6.54 Å². The van der Waals surface area contributed by atoms with E-state index in [4.69, 9.17) is 5.11 Å². The Kier molecular flexibility index (Phi) is 3.60. The number of nitrogens with one attached hydrogen (secondary N) is 1. The third-order valence-corrected chi connectivity index (χ3v) is 2.48. The molecule has 0 atom stereocenters. The number of carboxylic acid groups (broad SMARTS) is 1.